The summed E-state index contributed by atoms with van der Waals surface area (Å²) in [5, 5.41) is 6.63. The summed E-state index contributed by atoms with van der Waals surface area (Å²) in [7, 11) is 1.61. The third-order valence-corrected chi connectivity index (χ3v) is 5.16. The fraction of sp³-hybridized carbons (Fsp3) is 0.250. The van der Waals surface area contributed by atoms with Crippen molar-refractivity contribution in [1.29, 1.82) is 0 Å². The van der Waals surface area contributed by atoms with Gasteiger partial charge in [0.1, 0.15) is 5.75 Å². The van der Waals surface area contributed by atoms with Crippen molar-refractivity contribution in [2.75, 3.05) is 7.11 Å². The minimum atomic E-state index is -0.172. The van der Waals surface area contributed by atoms with E-state index in [9.17, 15) is 4.79 Å². The summed E-state index contributed by atoms with van der Waals surface area (Å²) in [4.78, 5) is 16.6. The van der Waals surface area contributed by atoms with Gasteiger partial charge in [-0.25, -0.2) is 0 Å². The predicted molar refractivity (Wildman–Crippen MR) is 105 cm³/mol. The number of nitrogens with one attached hydrogen (secondary N) is 1. The third-order valence-electron chi connectivity index (χ3n) is 3.94. The molecule has 0 saturated heterocycles. The quantitative estimate of drug-likeness (QED) is 0.639. The SMILES string of the molecule is COc1ccc(-c2noc(CNC(=O)[C@H](C)SCc3ccccc3)n2)cc1. The van der Waals surface area contributed by atoms with E-state index in [0.29, 0.717) is 11.7 Å². The highest BCUT2D eigenvalue weighted by atomic mass is 32.2. The molecule has 6 nitrogen and oxygen atoms in total. The van der Waals surface area contributed by atoms with Crippen molar-refractivity contribution in [2.45, 2.75) is 24.5 Å². The lowest BCUT2D eigenvalue weighted by Crippen LogP contribution is -2.30. The van der Waals surface area contributed by atoms with Crippen molar-refractivity contribution < 1.29 is 14.1 Å². The number of benzene rings is 2. The Labute approximate surface area is 162 Å². The van der Waals surface area contributed by atoms with Gasteiger partial charge in [-0.05, 0) is 36.8 Å². The summed E-state index contributed by atoms with van der Waals surface area (Å²) < 4.78 is 10.4. The number of carbonyl (C=O) groups is 1. The van der Waals surface area contributed by atoms with E-state index in [1.807, 2.05) is 49.4 Å². The number of nitrogens with zero attached hydrogens (tertiary/aromatic N) is 2. The minimum absolute atomic E-state index is 0.0554. The highest BCUT2D eigenvalue weighted by molar-refractivity contribution is 7.99. The number of thioether (sulfide) groups is 1. The first-order chi connectivity index (χ1) is 13.2. The normalized spacial score (nSPS) is 11.8. The zero-order valence-electron chi connectivity index (χ0n) is 15.2. The third kappa shape index (κ3) is 5.34. The summed E-state index contributed by atoms with van der Waals surface area (Å²) in [5.41, 5.74) is 2.02. The Morgan fingerprint density at radius 2 is 1.93 bits per heavy atom. The molecular weight excluding hydrogens is 362 g/mol. The van der Waals surface area contributed by atoms with Crippen LogP contribution in [0.1, 0.15) is 18.4 Å². The van der Waals surface area contributed by atoms with Gasteiger partial charge in [0.2, 0.25) is 17.6 Å². The smallest absolute Gasteiger partial charge is 0.246 e. The molecule has 1 aromatic heterocycles. The molecule has 3 aromatic rings. The van der Waals surface area contributed by atoms with E-state index in [1.54, 1.807) is 18.9 Å². The van der Waals surface area contributed by atoms with Crippen LogP contribution in [0.5, 0.6) is 5.75 Å². The van der Waals surface area contributed by atoms with Gasteiger partial charge in [0.15, 0.2) is 0 Å². The lowest BCUT2D eigenvalue weighted by atomic mass is 10.2. The molecule has 1 N–H and O–H groups in total. The van der Waals surface area contributed by atoms with E-state index in [-0.39, 0.29) is 17.7 Å². The number of carbonyl (C=O) groups excluding carboxylic acids is 1. The van der Waals surface area contributed by atoms with E-state index in [1.165, 1.54) is 5.56 Å². The first kappa shape index (κ1) is 19.0. The van der Waals surface area contributed by atoms with Gasteiger partial charge in [0.25, 0.3) is 0 Å². The van der Waals surface area contributed by atoms with Gasteiger partial charge < -0.3 is 14.6 Å². The molecule has 0 aliphatic rings. The van der Waals surface area contributed by atoms with Crippen molar-refractivity contribution >= 4 is 17.7 Å². The van der Waals surface area contributed by atoms with Crippen LogP contribution in [-0.4, -0.2) is 28.4 Å². The van der Waals surface area contributed by atoms with Crippen molar-refractivity contribution in [3.63, 3.8) is 0 Å². The molecule has 27 heavy (non-hydrogen) atoms. The molecule has 0 fully saturated rings. The fourth-order valence-electron chi connectivity index (χ4n) is 2.36. The summed E-state index contributed by atoms with van der Waals surface area (Å²) in [6.07, 6.45) is 0. The number of amides is 1. The van der Waals surface area contributed by atoms with Crippen LogP contribution in [0.2, 0.25) is 0 Å². The highest BCUT2D eigenvalue weighted by Gasteiger charge is 2.15. The second-order valence-electron chi connectivity index (χ2n) is 5.90. The molecule has 2 aromatic carbocycles. The molecule has 3 rings (SSSR count). The van der Waals surface area contributed by atoms with Crippen LogP contribution in [0.3, 0.4) is 0 Å². The zero-order valence-corrected chi connectivity index (χ0v) is 16.0. The number of aromatic nitrogens is 2. The first-order valence-corrected chi connectivity index (χ1v) is 9.61. The average Bonchev–Trinajstić information content (AvgIpc) is 3.20. The summed E-state index contributed by atoms with van der Waals surface area (Å²) >= 11 is 1.59. The second kappa shape index (κ2) is 9.23. The number of methoxy groups -OCH3 is 1. The number of rotatable bonds is 8. The lowest BCUT2D eigenvalue weighted by molar-refractivity contribution is -0.120. The first-order valence-electron chi connectivity index (χ1n) is 8.56. The summed E-state index contributed by atoms with van der Waals surface area (Å²) in [5.74, 6) is 2.34. The van der Waals surface area contributed by atoms with Crippen LogP contribution in [0, 0.1) is 0 Å². The fourth-order valence-corrected chi connectivity index (χ4v) is 3.23. The van der Waals surface area contributed by atoms with Crippen LogP contribution in [-0.2, 0) is 17.1 Å². The molecule has 0 saturated carbocycles. The highest BCUT2D eigenvalue weighted by Crippen LogP contribution is 2.20. The molecule has 0 aliphatic heterocycles. The Morgan fingerprint density at radius 3 is 2.63 bits per heavy atom. The molecule has 0 unspecified atom stereocenters. The van der Waals surface area contributed by atoms with Gasteiger partial charge in [0, 0.05) is 11.3 Å². The van der Waals surface area contributed by atoms with E-state index < -0.39 is 0 Å². The second-order valence-corrected chi connectivity index (χ2v) is 7.23. The Morgan fingerprint density at radius 1 is 1.19 bits per heavy atom. The minimum Gasteiger partial charge on any atom is -0.497 e. The lowest BCUT2D eigenvalue weighted by Gasteiger charge is -2.10. The van der Waals surface area contributed by atoms with Crippen molar-refractivity contribution in [3.05, 3.63) is 66.1 Å². The summed E-state index contributed by atoms with van der Waals surface area (Å²) in [6.45, 7) is 2.10. The molecule has 140 valence electrons. The maximum Gasteiger partial charge on any atom is 0.246 e. The van der Waals surface area contributed by atoms with Gasteiger partial charge in [-0.2, -0.15) is 4.98 Å². The summed E-state index contributed by atoms with van der Waals surface area (Å²) in [6, 6.07) is 17.5. The van der Waals surface area contributed by atoms with E-state index in [4.69, 9.17) is 9.26 Å². The Bertz CT molecular complexity index is 866. The monoisotopic (exact) mass is 383 g/mol. The van der Waals surface area contributed by atoms with Crippen molar-refractivity contribution in [3.8, 4) is 17.1 Å². The maximum absolute atomic E-state index is 12.2. The Balaban J connectivity index is 1.49. The topological polar surface area (TPSA) is 77.3 Å². The number of ether oxygens (including phenoxy) is 1. The largest absolute Gasteiger partial charge is 0.497 e. The molecule has 0 bridgehead atoms. The molecule has 1 amide bonds. The predicted octanol–water partition coefficient (Wildman–Crippen LogP) is 3.68. The van der Waals surface area contributed by atoms with Crippen LogP contribution >= 0.6 is 11.8 Å². The Hall–Kier alpha value is -2.80. The zero-order chi connectivity index (χ0) is 19.1. The molecule has 7 heteroatoms. The van der Waals surface area contributed by atoms with Crippen LogP contribution in [0.25, 0.3) is 11.4 Å². The van der Waals surface area contributed by atoms with Gasteiger partial charge in [0.05, 0.1) is 18.9 Å². The van der Waals surface area contributed by atoms with Crippen LogP contribution in [0.4, 0.5) is 0 Å². The Kier molecular flexibility index (Phi) is 6.49. The average molecular weight is 383 g/mol. The van der Waals surface area contributed by atoms with Crippen LogP contribution < -0.4 is 10.1 Å². The van der Waals surface area contributed by atoms with Gasteiger partial charge in [-0.3, -0.25) is 4.79 Å². The van der Waals surface area contributed by atoms with Crippen molar-refractivity contribution in [1.82, 2.24) is 15.5 Å². The molecule has 0 radical (unpaired) electrons. The standard InChI is InChI=1S/C20H21N3O3S/c1-14(27-13-15-6-4-3-5-7-15)20(24)21-12-18-22-19(23-26-18)16-8-10-17(25-2)11-9-16/h3-11,14H,12-13H2,1-2H3,(H,21,24)/t14-/m0/s1. The number of hydrogen-bond donors (Lipinski definition) is 1. The van der Waals surface area contributed by atoms with E-state index in [0.717, 1.165) is 17.1 Å². The molecule has 0 aliphatic carbocycles. The molecule has 0 spiro atoms. The van der Waals surface area contributed by atoms with Crippen molar-refractivity contribution in [2.24, 2.45) is 0 Å². The van der Waals surface area contributed by atoms with E-state index in [2.05, 4.69) is 27.6 Å². The van der Waals surface area contributed by atoms with Gasteiger partial charge >= 0.3 is 0 Å². The molecular formula is C20H21N3O3S. The number of hydrogen-bond acceptors (Lipinski definition) is 6. The van der Waals surface area contributed by atoms with Crippen LogP contribution in [0.15, 0.2) is 59.1 Å². The maximum atomic E-state index is 12.2. The molecule has 1 heterocycles. The van der Waals surface area contributed by atoms with E-state index >= 15 is 0 Å². The van der Waals surface area contributed by atoms with Gasteiger partial charge in [-0.1, -0.05) is 35.5 Å². The van der Waals surface area contributed by atoms with Gasteiger partial charge in [-0.15, -0.1) is 11.8 Å². The molecule has 1 atom stereocenters.